The van der Waals surface area contributed by atoms with Crippen LogP contribution in [0, 0.1) is 5.41 Å². The summed E-state index contributed by atoms with van der Waals surface area (Å²) in [4.78, 5) is 34.6. The van der Waals surface area contributed by atoms with E-state index in [1.165, 1.54) is 0 Å². The molecule has 22 heavy (non-hydrogen) atoms. The Hall–Kier alpha value is -2.37. The van der Waals surface area contributed by atoms with Gasteiger partial charge in [-0.05, 0) is 18.4 Å². The first-order chi connectivity index (χ1) is 10.5. The Morgan fingerprint density at radius 2 is 2.00 bits per heavy atom. The smallest absolute Gasteiger partial charge is 0.311 e. The van der Waals surface area contributed by atoms with E-state index in [9.17, 15) is 19.5 Å². The van der Waals surface area contributed by atoms with Crippen molar-refractivity contribution >= 4 is 17.8 Å². The van der Waals surface area contributed by atoms with Gasteiger partial charge in [-0.3, -0.25) is 14.4 Å². The summed E-state index contributed by atoms with van der Waals surface area (Å²) >= 11 is 0. The molecule has 6 nitrogen and oxygen atoms in total. The minimum atomic E-state index is -1.03. The first-order valence-electron chi connectivity index (χ1n) is 7.33. The molecule has 1 atom stereocenters. The number of carbonyl (C=O) groups excluding carboxylic acids is 2. The zero-order valence-electron chi connectivity index (χ0n) is 12.3. The number of piperidine rings is 1. The van der Waals surface area contributed by atoms with Gasteiger partial charge in [0.1, 0.15) is 0 Å². The zero-order chi connectivity index (χ0) is 16.0. The van der Waals surface area contributed by atoms with E-state index in [2.05, 4.69) is 10.6 Å². The van der Waals surface area contributed by atoms with Crippen molar-refractivity contribution in [2.75, 3.05) is 6.54 Å². The van der Waals surface area contributed by atoms with Crippen molar-refractivity contribution < 1.29 is 19.5 Å². The third-order valence-corrected chi connectivity index (χ3v) is 4.07. The minimum absolute atomic E-state index is 0.0904. The molecular weight excluding hydrogens is 284 g/mol. The molecule has 6 heteroatoms. The predicted molar refractivity (Wildman–Crippen MR) is 79.8 cm³/mol. The van der Waals surface area contributed by atoms with Crippen molar-refractivity contribution in [3.05, 3.63) is 35.9 Å². The van der Waals surface area contributed by atoms with Crippen LogP contribution in [0.3, 0.4) is 0 Å². The largest absolute Gasteiger partial charge is 0.481 e. The topological polar surface area (TPSA) is 95.5 Å². The fourth-order valence-electron chi connectivity index (χ4n) is 2.54. The lowest BCUT2D eigenvalue weighted by atomic mass is 9.76. The molecule has 1 aliphatic heterocycles. The molecule has 1 heterocycles. The molecule has 0 spiro atoms. The van der Waals surface area contributed by atoms with Crippen molar-refractivity contribution in [1.82, 2.24) is 10.6 Å². The lowest BCUT2D eigenvalue weighted by molar-refractivity contribution is -0.152. The van der Waals surface area contributed by atoms with Gasteiger partial charge < -0.3 is 15.7 Å². The van der Waals surface area contributed by atoms with Gasteiger partial charge in [0, 0.05) is 25.9 Å². The zero-order valence-corrected chi connectivity index (χ0v) is 12.3. The SMILES string of the molecule is O=C(CC[C@@]1(C(=O)O)CCC(=O)NC1)NCc1ccccc1. The quantitative estimate of drug-likeness (QED) is 0.732. The summed E-state index contributed by atoms with van der Waals surface area (Å²) in [5.41, 5.74) is -0.0356. The second-order valence-corrected chi connectivity index (χ2v) is 5.62. The van der Waals surface area contributed by atoms with Crippen molar-refractivity contribution in [2.24, 2.45) is 5.41 Å². The molecular formula is C16H20N2O4. The van der Waals surface area contributed by atoms with Gasteiger partial charge in [-0.2, -0.15) is 0 Å². The Labute approximate surface area is 128 Å². The Balaban J connectivity index is 1.83. The number of hydrogen-bond acceptors (Lipinski definition) is 3. The van der Waals surface area contributed by atoms with Crippen LogP contribution in [-0.2, 0) is 20.9 Å². The Bertz CT molecular complexity index is 547. The molecule has 1 fully saturated rings. The number of hydrogen-bond donors (Lipinski definition) is 3. The molecule has 2 amide bonds. The first-order valence-corrected chi connectivity index (χ1v) is 7.33. The highest BCUT2D eigenvalue weighted by Gasteiger charge is 2.41. The number of nitrogens with one attached hydrogen (secondary N) is 2. The monoisotopic (exact) mass is 304 g/mol. The van der Waals surface area contributed by atoms with Crippen LogP contribution < -0.4 is 10.6 Å². The van der Waals surface area contributed by atoms with E-state index in [1.807, 2.05) is 30.3 Å². The van der Waals surface area contributed by atoms with Gasteiger partial charge in [0.15, 0.2) is 0 Å². The van der Waals surface area contributed by atoms with Gasteiger partial charge in [-0.15, -0.1) is 0 Å². The molecule has 1 saturated heterocycles. The number of benzene rings is 1. The first kappa shape index (κ1) is 16.0. The number of aliphatic carboxylic acids is 1. The highest BCUT2D eigenvalue weighted by molar-refractivity contribution is 5.83. The minimum Gasteiger partial charge on any atom is -0.481 e. The van der Waals surface area contributed by atoms with E-state index in [0.717, 1.165) is 5.56 Å². The molecule has 0 unspecified atom stereocenters. The fourth-order valence-corrected chi connectivity index (χ4v) is 2.54. The van der Waals surface area contributed by atoms with Crippen LogP contribution in [0.15, 0.2) is 30.3 Å². The molecule has 0 aromatic heterocycles. The average molecular weight is 304 g/mol. The molecule has 0 radical (unpaired) electrons. The van der Waals surface area contributed by atoms with Crippen LogP contribution in [0.25, 0.3) is 0 Å². The van der Waals surface area contributed by atoms with Crippen molar-refractivity contribution in [1.29, 1.82) is 0 Å². The van der Waals surface area contributed by atoms with E-state index in [-0.39, 0.29) is 44.0 Å². The molecule has 1 aromatic rings. The summed E-state index contributed by atoms with van der Waals surface area (Å²) < 4.78 is 0. The Morgan fingerprint density at radius 3 is 2.59 bits per heavy atom. The maximum Gasteiger partial charge on any atom is 0.311 e. The maximum atomic E-state index is 11.9. The Kier molecular flexibility index (Phi) is 5.14. The van der Waals surface area contributed by atoms with Crippen LogP contribution >= 0.6 is 0 Å². The Morgan fingerprint density at radius 1 is 1.27 bits per heavy atom. The van der Waals surface area contributed by atoms with E-state index in [0.29, 0.717) is 6.54 Å². The molecule has 0 bridgehead atoms. The number of rotatable bonds is 6. The molecule has 3 N–H and O–H groups in total. The molecule has 0 saturated carbocycles. The van der Waals surface area contributed by atoms with E-state index >= 15 is 0 Å². The van der Waals surface area contributed by atoms with Crippen molar-refractivity contribution in [3.8, 4) is 0 Å². The average Bonchev–Trinajstić information content (AvgIpc) is 2.53. The summed E-state index contributed by atoms with van der Waals surface area (Å²) in [5, 5.41) is 14.8. The number of carboxylic acid groups (broad SMARTS) is 1. The summed E-state index contributed by atoms with van der Waals surface area (Å²) in [7, 11) is 0. The molecule has 1 aromatic carbocycles. The summed E-state index contributed by atoms with van der Waals surface area (Å²) in [6.07, 6.45) is 0.830. The standard InChI is InChI=1S/C16H20N2O4/c19-13(17-10-12-4-2-1-3-5-12)6-8-16(15(21)22)9-7-14(20)18-11-16/h1-5H,6-11H2,(H,17,19)(H,18,20)(H,21,22)/t16-/m1/s1. The molecule has 2 rings (SSSR count). The predicted octanol–water partition coefficient (Wildman–Crippen LogP) is 1.06. The van der Waals surface area contributed by atoms with Gasteiger partial charge in [-0.25, -0.2) is 0 Å². The van der Waals surface area contributed by atoms with Crippen molar-refractivity contribution in [3.63, 3.8) is 0 Å². The molecule has 0 aliphatic carbocycles. The van der Waals surface area contributed by atoms with Gasteiger partial charge in [0.05, 0.1) is 5.41 Å². The highest BCUT2D eigenvalue weighted by atomic mass is 16.4. The van der Waals surface area contributed by atoms with Crippen LogP contribution in [0.1, 0.15) is 31.2 Å². The number of carbonyl (C=O) groups is 3. The van der Waals surface area contributed by atoms with Crippen LogP contribution in [0.5, 0.6) is 0 Å². The number of amides is 2. The van der Waals surface area contributed by atoms with Gasteiger partial charge >= 0.3 is 5.97 Å². The van der Waals surface area contributed by atoms with Crippen LogP contribution in [-0.4, -0.2) is 29.4 Å². The third kappa shape index (κ3) is 4.07. The summed E-state index contributed by atoms with van der Waals surface area (Å²) in [5.74, 6) is -1.27. The third-order valence-electron chi connectivity index (χ3n) is 4.07. The van der Waals surface area contributed by atoms with E-state index in [1.54, 1.807) is 0 Å². The van der Waals surface area contributed by atoms with E-state index < -0.39 is 11.4 Å². The summed E-state index contributed by atoms with van der Waals surface area (Å²) in [6, 6.07) is 9.52. The fraction of sp³-hybridized carbons (Fsp3) is 0.438. The summed E-state index contributed by atoms with van der Waals surface area (Å²) in [6.45, 7) is 0.517. The second-order valence-electron chi connectivity index (χ2n) is 5.62. The normalized spacial score (nSPS) is 21.0. The molecule has 118 valence electrons. The van der Waals surface area contributed by atoms with Gasteiger partial charge in [-0.1, -0.05) is 30.3 Å². The van der Waals surface area contributed by atoms with Gasteiger partial charge in [0.25, 0.3) is 0 Å². The van der Waals surface area contributed by atoms with Gasteiger partial charge in [0.2, 0.25) is 11.8 Å². The van der Waals surface area contributed by atoms with Crippen molar-refractivity contribution in [2.45, 2.75) is 32.2 Å². The number of carboxylic acids is 1. The highest BCUT2D eigenvalue weighted by Crippen LogP contribution is 2.32. The molecule has 1 aliphatic rings. The van der Waals surface area contributed by atoms with Crippen LogP contribution in [0.4, 0.5) is 0 Å². The van der Waals surface area contributed by atoms with Crippen LogP contribution in [0.2, 0.25) is 0 Å². The van der Waals surface area contributed by atoms with E-state index in [4.69, 9.17) is 0 Å². The maximum absolute atomic E-state index is 11.9. The second kappa shape index (κ2) is 7.06. The lowest BCUT2D eigenvalue weighted by Crippen LogP contribution is -2.48. The lowest BCUT2D eigenvalue weighted by Gasteiger charge is -2.33.